The van der Waals surface area contributed by atoms with E-state index in [0.29, 0.717) is 19.1 Å². The van der Waals surface area contributed by atoms with Crippen LogP contribution in [-0.2, 0) is 9.59 Å². The van der Waals surface area contributed by atoms with E-state index in [-0.39, 0.29) is 0 Å². The molecule has 1 aliphatic heterocycles. The van der Waals surface area contributed by atoms with Crippen molar-refractivity contribution in [2.24, 2.45) is 5.41 Å². The zero-order valence-electron chi connectivity index (χ0n) is 12.3. The van der Waals surface area contributed by atoms with Gasteiger partial charge in [-0.25, -0.2) is 4.79 Å². The SMILES string of the molecule is CCC(C)N(C)CCN1C(=O)NC(=O)C(C)(C)C1=O. The smallest absolute Gasteiger partial charge is 0.302 e. The second-order valence-electron chi connectivity index (χ2n) is 5.58. The van der Waals surface area contributed by atoms with Crippen LogP contribution in [0.5, 0.6) is 0 Å². The molecule has 0 aromatic rings. The molecule has 1 fully saturated rings. The highest BCUT2D eigenvalue weighted by Gasteiger charge is 2.46. The van der Waals surface area contributed by atoms with E-state index in [9.17, 15) is 14.4 Å². The molecule has 6 nitrogen and oxygen atoms in total. The number of imide groups is 2. The maximum absolute atomic E-state index is 12.1. The summed E-state index contributed by atoms with van der Waals surface area (Å²) < 4.78 is 0. The highest BCUT2D eigenvalue weighted by Crippen LogP contribution is 2.23. The van der Waals surface area contributed by atoms with Crippen LogP contribution in [0.2, 0.25) is 0 Å². The van der Waals surface area contributed by atoms with Gasteiger partial charge in [0.1, 0.15) is 5.41 Å². The highest BCUT2D eigenvalue weighted by atomic mass is 16.2. The Hall–Kier alpha value is -1.43. The quantitative estimate of drug-likeness (QED) is 0.750. The molecule has 1 saturated heterocycles. The van der Waals surface area contributed by atoms with Crippen molar-refractivity contribution >= 4 is 17.8 Å². The average Bonchev–Trinajstić information content (AvgIpc) is 2.35. The summed E-state index contributed by atoms with van der Waals surface area (Å²) in [6.45, 7) is 8.12. The summed E-state index contributed by atoms with van der Waals surface area (Å²) in [5.74, 6) is -0.965. The van der Waals surface area contributed by atoms with E-state index in [1.807, 2.05) is 7.05 Å². The summed E-state index contributed by atoms with van der Waals surface area (Å²) in [7, 11) is 1.96. The largest absolute Gasteiger partial charge is 0.330 e. The third-order valence-electron chi connectivity index (χ3n) is 3.83. The molecular weight excluding hydrogens is 246 g/mol. The van der Waals surface area contributed by atoms with Crippen LogP contribution in [0.1, 0.15) is 34.1 Å². The third kappa shape index (κ3) is 3.12. The van der Waals surface area contributed by atoms with Crippen LogP contribution in [-0.4, -0.2) is 53.8 Å². The van der Waals surface area contributed by atoms with E-state index in [4.69, 9.17) is 0 Å². The lowest BCUT2D eigenvalue weighted by Gasteiger charge is -2.35. The van der Waals surface area contributed by atoms with E-state index in [0.717, 1.165) is 11.3 Å². The molecule has 6 heteroatoms. The molecule has 0 aliphatic carbocycles. The second-order valence-corrected chi connectivity index (χ2v) is 5.58. The molecule has 4 amide bonds. The standard InChI is InChI=1S/C13H23N3O3/c1-6-9(2)15(5)7-8-16-11(18)13(3,4)10(17)14-12(16)19/h9H,6-8H2,1-5H3,(H,14,17,19). The number of barbiturate groups is 1. The summed E-state index contributed by atoms with van der Waals surface area (Å²) in [5.41, 5.74) is -1.18. The van der Waals surface area contributed by atoms with Gasteiger partial charge in [0, 0.05) is 19.1 Å². The van der Waals surface area contributed by atoms with Crippen molar-refractivity contribution in [2.45, 2.75) is 40.2 Å². The Bertz CT molecular complexity index is 393. The molecule has 1 aliphatic rings. The fourth-order valence-electron chi connectivity index (χ4n) is 1.84. The van der Waals surface area contributed by atoms with Gasteiger partial charge in [0.25, 0.3) is 0 Å². The number of nitrogens with zero attached hydrogens (tertiary/aromatic N) is 2. The van der Waals surface area contributed by atoms with Crippen LogP contribution in [0, 0.1) is 5.41 Å². The molecule has 1 unspecified atom stereocenters. The lowest BCUT2D eigenvalue weighted by Crippen LogP contribution is -2.62. The van der Waals surface area contributed by atoms with Crippen LogP contribution in [0.25, 0.3) is 0 Å². The number of carbonyl (C=O) groups excluding carboxylic acids is 3. The van der Waals surface area contributed by atoms with Gasteiger partial charge in [0.05, 0.1) is 0 Å². The minimum absolute atomic E-state index is 0.294. The van der Waals surface area contributed by atoms with Crippen LogP contribution < -0.4 is 5.32 Å². The highest BCUT2D eigenvalue weighted by molar-refractivity contribution is 6.18. The minimum atomic E-state index is -1.18. The Morgan fingerprint density at radius 3 is 2.42 bits per heavy atom. The molecular formula is C13H23N3O3. The second kappa shape index (κ2) is 5.69. The molecule has 0 aromatic heterocycles. The monoisotopic (exact) mass is 269 g/mol. The number of urea groups is 1. The van der Waals surface area contributed by atoms with Gasteiger partial charge in [-0.15, -0.1) is 0 Å². The van der Waals surface area contributed by atoms with E-state index in [1.54, 1.807) is 0 Å². The van der Waals surface area contributed by atoms with Gasteiger partial charge in [-0.2, -0.15) is 0 Å². The first-order valence-electron chi connectivity index (χ1n) is 6.59. The van der Waals surface area contributed by atoms with Crippen LogP contribution in [0.3, 0.4) is 0 Å². The van der Waals surface area contributed by atoms with Crippen LogP contribution in [0.4, 0.5) is 4.79 Å². The van der Waals surface area contributed by atoms with Crippen molar-refractivity contribution in [1.29, 1.82) is 0 Å². The van der Waals surface area contributed by atoms with Gasteiger partial charge in [-0.05, 0) is 34.2 Å². The number of amides is 4. The summed E-state index contributed by atoms with van der Waals surface area (Å²) in [5, 5.41) is 2.23. The van der Waals surface area contributed by atoms with E-state index < -0.39 is 23.3 Å². The molecule has 0 saturated carbocycles. The number of likely N-dealkylation sites (N-methyl/N-ethyl adjacent to an activating group) is 1. The fraction of sp³-hybridized carbons (Fsp3) is 0.769. The Morgan fingerprint density at radius 1 is 1.32 bits per heavy atom. The number of rotatable bonds is 5. The predicted molar refractivity (Wildman–Crippen MR) is 71.4 cm³/mol. The van der Waals surface area contributed by atoms with Gasteiger partial charge in [-0.3, -0.25) is 19.8 Å². The van der Waals surface area contributed by atoms with Gasteiger partial charge < -0.3 is 4.90 Å². The lowest BCUT2D eigenvalue weighted by molar-refractivity contribution is -0.149. The molecule has 0 aromatic carbocycles. The van der Waals surface area contributed by atoms with Crippen LogP contribution >= 0.6 is 0 Å². The molecule has 1 atom stereocenters. The number of carbonyl (C=O) groups is 3. The molecule has 0 spiro atoms. The molecule has 19 heavy (non-hydrogen) atoms. The van der Waals surface area contributed by atoms with Crippen molar-refractivity contribution < 1.29 is 14.4 Å². The Labute approximate surface area is 114 Å². The maximum atomic E-state index is 12.1. The van der Waals surface area contributed by atoms with E-state index >= 15 is 0 Å². The van der Waals surface area contributed by atoms with Crippen molar-refractivity contribution in [3.05, 3.63) is 0 Å². The summed E-state index contributed by atoms with van der Waals surface area (Å²) >= 11 is 0. The topological polar surface area (TPSA) is 69.7 Å². The zero-order valence-corrected chi connectivity index (χ0v) is 12.3. The number of hydrogen-bond acceptors (Lipinski definition) is 4. The Morgan fingerprint density at radius 2 is 1.89 bits per heavy atom. The summed E-state index contributed by atoms with van der Waals surface area (Å²) in [6, 6.07) is -0.232. The van der Waals surface area contributed by atoms with Crippen LogP contribution in [0.15, 0.2) is 0 Å². The first kappa shape index (κ1) is 15.6. The summed E-state index contributed by atoms with van der Waals surface area (Å²) in [4.78, 5) is 38.7. The molecule has 1 N–H and O–H groups in total. The normalized spacial score (nSPS) is 20.7. The zero-order chi connectivity index (χ0) is 14.8. The average molecular weight is 269 g/mol. The van der Waals surface area contributed by atoms with Gasteiger partial charge >= 0.3 is 6.03 Å². The third-order valence-corrected chi connectivity index (χ3v) is 3.83. The molecule has 0 bridgehead atoms. The molecule has 1 heterocycles. The van der Waals surface area contributed by atoms with E-state index in [1.165, 1.54) is 13.8 Å². The Kier molecular flexibility index (Phi) is 4.68. The Balaban J connectivity index is 2.70. The lowest BCUT2D eigenvalue weighted by atomic mass is 9.89. The van der Waals surface area contributed by atoms with Gasteiger partial charge in [0.15, 0.2) is 0 Å². The molecule has 1 rings (SSSR count). The van der Waals surface area contributed by atoms with E-state index in [2.05, 4.69) is 24.1 Å². The molecule has 108 valence electrons. The fourth-order valence-corrected chi connectivity index (χ4v) is 1.84. The van der Waals surface area contributed by atoms with Crippen molar-refractivity contribution in [2.75, 3.05) is 20.1 Å². The van der Waals surface area contributed by atoms with Crippen molar-refractivity contribution in [1.82, 2.24) is 15.1 Å². The van der Waals surface area contributed by atoms with Crippen molar-refractivity contribution in [3.63, 3.8) is 0 Å². The first-order chi connectivity index (χ1) is 8.71. The predicted octanol–water partition coefficient (Wildman–Crippen LogP) is 0.821. The van der Waals surface area contributed by atoms with Crippen molar-refractivity contribution in [3.8, 4) is 0 Å². The first-order valence-corrected chi connectivity index (χ1v) is 6.59. The maximum Gasteiger partial charge on any atom is 0.330 e. The van der Waals surface area contributed by atoms with Gasteiger partial charge in [0.2, 0.25) is 11.8 Å². The molecule has 0 radical (unpaired) electrons. The minimum Gasteiger partial charge on any atom is -0.302 e. The summed E-state index contributed by atoms with van der Waals surface area (Å²) in [6.07, 6.45) is 1.00. The van der Waals surface area contributed by atoms with Gasteiger partial charge in [-0.1, -0.05) is 6.92 Å². The number of nitrogens with one attached hydrogen (secondary N) is 1. The number of hydrogen-bond donors (Lipinski definition) is 1.